The number of hydrogen-bond donors (Lipinski definition) is 4. The Kier molecular flexibility index (Phi) is 3.11. The van der Waals surface area contributed by atoms with E-state index in [1.807, 2.05) is 0 Å². The van der Waals surface area contributed by atoms with Crippen molar-refractivity contribution in [3.05, 3.63) is 33.1 Å². The van der Waals surface area contributed by atoms with E-state index in [-0.39, 0.29) is 0 Å². The fraction of sp³-hybridized carbons (Fsp3) is 0.600. The van der Waals surface area contributed by atoms with Crippen LogP contribution in [0, 0.1) is 5.92 Å². The third-order valence-electron chi connectivity index (χ3n) is 3.16. The molecule has 5 N–H and O–H groups in total. The minimum Gasteiger partial charge on any atom is -0.392 e. The van der Waals surface area contributed by atoms with Gasteiger partial charge in [-0.05, 0) is 0 Å². The van der Waals surface area contributed by atoms with Crippen LogP contribution in [-0.4, -0.2) is 38.2 Å². The van der Waals surface area contributed by atoms with Crippen LogP contribution >= 0.6 is 0 Å². The summed E-state index contributed by atoms with van der Waals surface area (Å²) in [5.41, 5.74) is 2.90. The average molecular weight is 257 g/mol. The van der Waals surface area contributed by atoms with Crippen molar-refractivity contribution in [1.29, 1.82) is 0 Å². The van der Waals surface area contributed by atoms with E-state index in [0.717, 1.165) is 4.57 Å². The number of rotatable bonds is 2. The summed E-state index contributed by atoms with van der Waals surface area (Å²) in [4.78, 5) is 24.7. The highest BCUT2D eigenvalue weighted by Crippen LogP contribution is 2.37. The van der Waals surface area contributed by atoms with Gasteiger partial charge in [0.1, 0.15) is 12.3 Å². The van der Waals surface area contributed by atoms with Crippen molar-refractivity contribution >= 4 is 0 Å². The van der Waals surface area contributed by atoms with Gasteiger partial charge >= 0.3 is 5.69 Å². The van der Waals surface area contributed by atoms with E-state index in [1.165, 1.54) is 12.3 Å². The van der Waals surface area contributed by atoms with Crippen LogP contribution in [0.15, 0.2) is 21.9 Å². The summed E-state index contributed by atoms with van der Waals surface area (Å²) in [5.74, 6) is -0.509. The molecule has 0 saturated carbocycles. The molecule has 4 unspecified atom stereocenters. The fourth-order valence-electron chi connectivity index (χ4n) is 2.07. The first-order valence-electron chi connectivity index (χ1n) is 5.46. The van der Waals surface area contributed by atoms with Gasteiger partial charge in [0.15, 0.2) is 5.72 Å². The maximum atomic E-state index is 11.6. The van der Waals surface area contributed by atoms with Crippen LogP contribution in [0.5, 0.6) is 0 Å². The Morgan fingerprint density at radius 1 is 1.61 bits per heavy atom. The van der Waals surface area contributed by atoms with Gasteiger partial charge in [0.25, 0.3) is 5.56 Å². The number of nitrogens with one attached hydrogen (secondary N) is 1. The lowest BCUT2D eigenvalue weighted by Gasteiger charge is -2.24. The molecule has 1 saturated heterocycles. The number of hydrogen-bond acceptors (Lipinski definition) is 6. The second-order valence-corrected chi connectivity index (χ2v) is 4.44. The number of nitrogens with two attached hydrogens (primary N) is 1. The molecule has 1 aliphatic heterocycles. The molecule has 1 aromatic rings. The van der Waals surface area contributed by atoms with Gasteiger partial charge in [0.2, 0.25) is 0 Å². The molecule has 8 nitrogen and oxygen atoms in total. The minimum atomic E-state index is -1.61. The number of aromatic nitrogens is 2. The molecule has 2 rings (SSSR count). The number of aliphatic hydroxyl groups is 2. The summed E-state index contributed by atoms with van der Waals surface area (Å²) in [6, 6.07) is 1.17. The minimum absolute atomic E-state index is 0.509. The van der Waals surface area contributed by atoms with Crippen LogP contribution in [0.1, 0.15) is 13.2 Å². The number of aromatic amines is 1. The lowest BCUT2D eigenvalue weighted by Crippen LogP contribution is -2.52. The zero-order valence-corrected chi connectivity index (χ0v) is 9.74. The quantitative estimate of drug-likeness (QED) is 0.471. The van der Waals surface area contributed by atoms with Gasteiger partial charge < -0.3 is 14.9 Å². The normalized spacial score (nSPS) is 35.9. The Labute approximate surface area is 102 Å². The van der Waals surface area contributed by atoms with Crippen LogP contribution in [0.4, 0.5) is 0 Å². The standard InChI is InChI=1S/C10H15N3O5/c1-5-7(16)10(11,4-14)18-8(5)13-3-2-6(15)12-9(13)17/h2-3,5,7-8,14,16H,4,11H2,1H3,(H,12,15,17). The summed E-state index contributed by atoms with van der Waals surface area (Å²) in [6.07, 6.45) is -0.703. The first-order valence-corrected chi connectivity index (χ1v) is 5.46. The Morgan fingerprint density at radius 3 is 2.78 bits per heavy atom. The molecule has 0 bridgehead atoms. The highest BCUT2D eigenvalue weighted by molar-refractivity contribution is 4.96. The van der Waals surface area contributed by atoms with Crippen LogP contribution in [0.3, 0.4) is 0 Å². The summed E-state index contributed by atoms with van der Waals surface area (Å²) in [7, 11) is 0. The average Bonchev–Trinajstić information content (AvgIpc) is 2.55. The van der Waals surface area contributed by atoms with E-state index < -0.39 is 41.8 Å². The third kappa shape index (κ3) is 1.89. The molecular weight excluding hydrogens is 242 g/mol. The van der Waals surface area contributed by atoms with Crippen LogP contribution in [0.25, 0.3) is 0 Å². The second-order valence-electron chi connectivity index (χ2n) is 4.44. The van der Waals surface area contributed by atoms with Crippen molar-refractivity contribution in [2.45, 2.75) is 25.0 Å². The van der Waals surface area contributed by atoms with Crippen LogP contribution in [0.2, 0.25) is 0 Å². The fourth-order valence-corrected chi connectivity index (χ4v) is 2.07. The Bertz CT molecular complexity index is 553. The number of nitrogens with zero attached hydrogens (tertiary/aromatic N) is 1. The van der Waals surface area contributed by atoms with Crippen LogP contribution in [-0.2, 0) is 4.74 Å². The van der Waals surface area contributed by atoms with E-state index in [0.29, 0.717) is 0 Å². The molecule has 2 heterocycles. The Balaban J connectivity index is 2.41. The van der Waals surface area contributed by atoms with Crippen molar-refractivity contribution in [2.75, 3.05) is 6.61 Å². The van der Waals surface area contributed by atoms with Crippen molar-refractivity contribution in [2.24, 2.45) is 11.7 Å². The molecule has 0 aliphatic carbocycles. The zero-order valence-electron chi connectivity index (χ0n) is 9.74. The molecule has 1 aliphatic rings. The van der Waals surface area contributed by atoms with Crippen molar-refractivity contribution in [3.63, 3.8) is 0 Å². The van der Waals surface area contributed by atoms with Gasteiger partial charge in [-0.3, -0.25) is 20.1 Å². The smallest absolute Gasteiger partial charge is 0.330 e. The van der Waals surface area contributed by atoms with Crippen molar-refractivity contribution < 1.29 is 14.9 Å². The lowest BCUT2D eigenvalue weighted by molar-refractivity contribution is -0.125. The largest absolute Gasteiger partial charge is 0.392 e. The predicted octanol–water partition coefficient (Wildman–Crippen LogP) is -2.29. The molecule has 0 amide bonds. The molecule has 100 valence electrons. The van der Waals surface area contributed by atoms with Gasteiger partial charge in [-0.15, -0.1) is 0 Å². The highest BCUT2D eigenvalue weighted by Gasteiger charge is 2.51. The lowest BCUT2D eigenvalue weighted by atomic mass is 9.98. The summed E-state index contributed by atoms with van der Waals surface area (Å²) in [6.45, 7) is 1.06. The predicted molar refractivity (Wildman–Crippen MR) is 60.6 cm³/mol. The van der Waals surface area contributed by atoms with E-state index >= 15 is 0 Å². The van der Waals surface area contributed by atoms with E-state index in [9.17, 15) is 14.7 Å². The van der Waals surface area contributed by atoms with Crippen LogP contribution < -0.4 is 17.0 Å². The summed E-state index contributed by atoms with van der Waals surface area (Å²) in [5, 5.41) is 19.0. The first kappa shape index (κ1) is 13.0. The van der Waals surface area contributed by atoms with Gasteiger partial charge in [-0.1, -0.05) is 6.92 Å². The number of ether oxygens (including phenoxy) is 1. The van der Waals surface area contributed by atoms with Gasteiger partial charge in [0.05, 0.1) is 6.61 Å². The van der Waals surface area contributed by atoms with E-state index in [2.05, 4.69) is 4.98 Å². The number of H-pyrrole nitrogens is 1. The SMILES string of the molecule is CC1C(n2ccc(=O)[nH]c2=O)OC(N)(CO)C1O. The summed E-state index contributed by atoms with van der Waals surface area (Å²) < 4.78 is 6.47. The molecule has 1 aromatic heterocycles. The topological polar surface area (TPSA) is 131 Å². The first-order chi connectivity index (χ1) is 8.39. The molecule has 0 spiro atoms. The van der Waals surface area contributed by atoms with Gasteiger partial charge in [-0.2, -0.15) is 0 Å². The molecular formula is C10H15N3O5. The highest BCUT2D eigenvalue weighted by atomic mass is 16.6. The van der Waals surface area contributed by atoms with Gasteiger partial charge in [-0.25, -0.2) is 4.79 Å². The summed E-state index contributed by atoms with van der Waals surface area (Å²) >= 11 is 0. The zero-order chi connectivity index (χ0) is 13.5. The third-order valence-corrected chi connectivity index (χ3v) is 3.16. The maximum absolute atomic E-state index is 11.6. The monoisotopic (exact) mass is 257 g/mol. The van der Waals surface area contributed by atoms with Crippen molar-refractivity contribution in [1.82, 2.24) is 9.55 Å². The molecule has 8 heteroatoms. The Hall–Kier alpha value is -1.48. The molecule has 1 fully saturated rings. The maximum Gasteiger partial charge on any atom is 0.330 e. The van der Waals surface area contributed by atoms with E-state index in [4.69, 9.17) is 15.6 Å². The Morgan fingerprint density at radius 2 is 2.28 bits per heavy atom. The van der Waals surface area contributed by atoms with E-state index in [1.54, 1.807) is 6.92 Å². The molecule has 0 radical (unpaired) electrons. The molecule has 0 aromatic carbocycles. The number of aliphatic hydroxyl groups excluding tert-OH is 2. The van der Waals surface area contributed by atoms with Crippen molar-refractivity contribution in [3.8, 4) is 0 Å². The molecule has 4 atom stereocenters. The molecule has 18 heavy (non-hydrogen) atoms. The second kappa shape index (κ2) is 4.32. The van der Waals surface area contributed by atoms with Gasteiger partial charge in [0, 0.05) is 18.2 Å².